The third-order valence-electron chi connectivity index (χ3n) is 3.49. The van der Waals surface area contributed by atoms with Crippen molar-refractivity contribution >= 4 is 17.4 Å². The van der Waals surface area contributed by atoms with Crippen LogP contribution in [0.2, 0.25) is 0 Å². The van der Waals surface area contributed by atoms with Gasteiger partial charge in [-0.2, -0.15) is 5.26 Å². The predicted octanol–water partition coefficient (Wildman–Crippen LogP) is 3.17. The van der Waals surface area contributed by atoms with Gasteiger partial charge in [0.05, 0.1) is 31.0 Å². The maximum absolute atomic E-state index is 13.4. The van der Waals surface area contributed by atoms with E-state index in [1.165, 1.54) is 33.3 Å². The molecule has 0 aromatic heterocycles. The number of carbonyl (C=O) groups excluding carboxylic acids is 2. The van der Waals surface area contributed by atoms with Crippen LogP contribution in [0.4, 0.5) is 10.1 Å². The number of halogens is 1. The van der Waals surface area contributed by atoms with E-state index >= 15 is 0 Å². The minimum absolute atomic E-state index is 0.0854. The molecule has 7 heteroatoms. The molecule has 1 N–H and O–H groups in total. The van der Waals surface area contributed by atoms with Crippen LogP contribution in [-0.2, 0) is 0 Å². The Balaban J connectivity index is 2.45. The van der Waals surface area contributed by atoms with Crippen LogP contribution in [-0.4, -0.2) is 25.9 Å². The number of ketones is 1. The minimum Gasteiger partial charge on any atom is -0.493 e. The summed E-state index contributed by atoms with van der Waals surface area (Å²) in [7, 11) is 2.82. The van der Waals surface area contributed by atoms with Gasteiger partial charge in [0.2, 0.25) is 0 Å². The molecule has 1 amide bonds. The van der Waals surface area contributed by atoms with Gasteiger partial charge in [-0.05, 0) is 37.3 Å². The first-order valence-corrected chi connectivity index (χ1v) is 7.19. The number of anilines is 1. The molecule has 0 saturated heterocycles. The number of hydrogen-bond donors (Lipinski definition) is 1. The van der Waals surface area contributed by atoms with Gasteiger partial charge in [0, 0.05) is 5.56 Å². The number of ether oxygens (including phenoxy) is 2. The van der Waals surface area contributed by atoms with Gasteiger partial charge >= 0.3 is 0 Å². The van der Waals surface area contributed by atoms with E-state index in [0.29, 0.717) is 5.75 Å². The Morgan fingerprint density at radius 2 is 1.88 bits per heavy atom. The van der Waals surface area contributed by atoms with Gasteiger partial charge in [0.15, 0.2) is 17.3 Å². The zero-order valence-corrected chi connectivity index (χ0v) is 13.8. The number of nitrogens with one attached hydrogen (secondary N) is 1. The Labute approximate surface area is 143 Å². The van der Waals surface area contributed by atoms with Gasteiger partial charge in [-0.3, -0.25) is 9.59 Å². The van der Waals surface area contributed by atoms with E-state index in [9.17, 15) is 14.0 Å². The van der Waals surface area contributed by atoms with Crippen LogP contribution in [0.3, 0.4) is 0 Å². The highest BCUT2D eigenvalue weighted by Gasteiger charge is 2.20. The van der Waals surface area contributed by atoms with Gasteiger partial charge in [-0.1, -0.05) is 0 Å². The Morgan fingerprint density at radius 3 is 2.44 bits per heavy atom. The van der Waals surface area contributed by atoms with E-state index in [4.69, 9.17) is 14.7 Å². The molecular formula is C18H15FN2O4. The Kier molecular flexibility index (Phi) is 5.35. The van der Waals surface area contributed by atoms with Crippen molar-refractivity contribution in [2.45, 2.75) is 6.92 Å². The number of rotatable bonds is 5. The number of amides is 1. The summed E-state index contributed by atoms with van der Waals surface area (Å²) in [6.45, 7) is 1.33. The van der Waals surface area contributed by atoms with E-state index in [1.54, 1.807) is 12.1 Å². The first kappa shape index (κ1) is 17.9. The average Bonchev–Trinajstić information content (AvgIpc) is 2.61. The first-order valence-electron chi connectivity index (χ1n) is 7.19. The largest absolute Gasteiger partial charge is 0.493 e. The molecule has 0 fully saturated rings. The molecular weight excluding hydrogens is 327 g/mol. The normalized spacial score (nSPS) is 9.88. The molecule has 128 valence electrons. The second-order valence-corrected chi connectivity index (χ2v) is 5.04. The summed E-state index contributed by atoms with van der Waals surface area (Å²) >= 11 is 0. The third-order valence-corrected chi connectivity index (χ3v) is 3.49. The van der Waals surface area contributed by atoms with Crippen LogP contribution in [0.5, 0.6) is 11.5 Å². The number of Topliss-reactive ketones (excluding diaryl/α,β-unsaturated/α-hetero) is 1. The molecule has 0 unspecified atom stereocenters. The molecule has 0 spiro atoms. The minimum atomic E-state index is -0.713. The van der Waals surface area contributed by atoms with Crippen molar-refractivity contribution in [1.82, 2.24) is 0 Å². The topological polar surface area (TPSA) is 88.4 Å². The van der Waals surface area contributed by atoms with E-state index in [2.05, 4.69) is 5.32 Å². The summed E-state index contributed by atoms with van der Waals surface area (Å²) in [6.07, 6.45) is 0. The molecule has 2 aromatic rings. The number of methoxy groups -OCH3 is 2. The number of carbonyl (C=O) groups is 2. The molecule has 0 atom stereocenters. The van der Waals surface area contributed by atoms with Crippen molar-refractivity contribution in [3.05, 3.63) is 52.8 Å². The molecule has 2 aromatic carbocycles. The monoisotopic (exact) mass is 342 g/mol. The van der Waals surface area contributed by atoms with Crippen molar-refractivity contribution < 1.29 is 23.5 Å². The summed E-state index contributed by atoms with van der Waals surface area (Å²) in [4.78, 5) is 24.4. The van der Waals surface area contributed by atoms with Crippen molar-refractivity contribution in [3.63, 3.8) is 0 Å². The first-order chi connectivity index (χ1) is 11.9. The van der Waals surface area contributed by atoms with Crippen LogP contribution < -0.4 is 14.8 Å². The van der Waals surface area contributed by atoms with Crippen LogP contribution in [0.1, 0.15) is 33.2 Å². The second-order valence-electron chi connectivity index (χ2n) is 5.04. The Hall–Kier alpha value is -3.40. The Bertz CT molecular complexity index is 887. The molecule has 6 nitrogen and oxygen atoms in total. The molecule has 0 saturated carbocycles. The lowest BCUT2D eigenvalue weighted by atomic mass is 10.1. The van der Waals surface area contributed by atoms with Crippen LogP contribution in [0.25, 0.3) is 0 Å². The molecule has 0 aliphatic rings. The lowest BCUT2D eigenvalue weighted by Gasteiger charge is -2.16. The van der Waals surface area contributed by atoms with Crippen molar-refractivity contribution in [3.8, 4) is 17.6 Å². The van der Waals surface area contributed by atoms with Gasteiger partial charge in [-0.25, -0.2) is 4.39 Å². The lowest BCUT2D eigenvalue weighted by molar-refractivity contribution is 0.101. The molecule has 2 rings (SSSR count). The number of hydrogen-bond acceptors (Lipinski definition) is 5. The van der Waals surface area contributed by atoms with Gasteiger partial charge in [0.1, 0.15) is 11.9 Å². The summed E-state index contributed by atoms with van der Waals surface area (Å²) in [5.74, 6) is -1.09. The molecule has 25 heavy (non-hydrogen) atoms. The fourth-order valence-corrected chi connectivity index (χ4v) is 2.33. The molecule has 0 radical (unpaired) electrons. The highest BCUT2D eigenvalue weighted by molar-refractivity contribution is 6.10. The van der Waals surface area contributed by atoms with Gasteiger partial charge < -0.3 is 14.8 Å². The predicted molar refractivity (Wildman–Crippen MR) is 88.6 cm³/mol. The summed E-state index contributed by atoms with van der Waals surface area (Å²) in [6, 6.07) is 8.15. The molecule has 0 aliphatic heterocycles. The quantitative estimate of drug-likeness (QED) is 0.843. The van der Waals surface area contributed by atoms with Crippen molar-refractivity contribution in [2.24, 2.45) is 0 Å². The summed E-state index contributed by atoms with van der Waals surface area (Å²) < 4.78 is 23.7. The molecule has 0 aliphatic carbocycles. The Morgan fingerprint density at radius 1 is 1.16 bits per heavy atom. The molecule has 0 heterocycles. The standard InChI is InChI=1S/C18H15FN2O4/c1-10(22)16-14(6-7-15(24-2)17(16)25-3)21-18(23)11-4-5-13(19)12(8-11)9-20/h4-8H,1-3H3,(H,21,23). The average molecular weight is 342 g/mol. The van der Waals surface area contributed by atoms with Gasteiger partial charge in [0.25, 0.3) is 5.91 Å². The van der Waals surface area contributed by atoms with Gasteiger partial charge in [-0.15, -0.1) is 0 Å². The van der Waals surface area contributed by atoms with E-state index in [1.807, 2.05) is 0 Å². The maximum Gasteiger partial charge on any atom is 0.255 e. The summed E-state index contributed by atoms with van der Waals surface area (Å²) in [5.41, 5.74) is 0.213. The van der Waals surface area contributed by atoms with Crippen molar-refractivity contribution in [1.29, 1.82) is 5.26 Å². The van der Waals surface area contributed by atoms with E-state index in [-0.39, 0.29) is 33.9 Å². The fraction of sp³-hybridized carbons (Fsp3) is 0.167. The van der Waals surface area contributed by atoms with Crippen molar-refractivity contribution in [2.75, 3.05) is 19.5 Å². The number of benzene rings is 2. The highest BCUT2D eigenvalue weighted by atomic mass is 19.1. The fourth-order valence-electron chi connectivity index (χ4n) is 2.33. The third kappa shape index (κ3) is 3.58. The van der Waals surface area contributed by atoms with E-state index in [0.717, 1.165) is 12.1 Å². The lowest BCUT2D eigenvalue weighted by Crippen LogP contribution is -2.15. The SMILES string of the molecule is COc1ccc(NC(=O)c2ccc(F)c(C#N)c2)c(C(C)=O)c1OC. The zero-order chi connectivity index (χ0) is 18.6. The van der Waals surface area contributed by atoms with Crippen LogP contribution in [0.15, 0.2) is 30.3 Å². The number of nitrogens with zero attached hydrogens (tertiary/aromatic N) is 1. The van der Waals surface area contributed by atoms with Crippen LogP contribution in [0, 0.1) is 17.1 Å². The second kappa shape index (κ2) is 7.45. The maximum atomic E-state index is 13.4. The zero-order valence-electron chi connectivity index (χ0n) is 13.8. The van der Waals surface area contributed by atoms with E-state index < -0.39 is 11.7 Å². The number of nitriles is 1. The summed E-state index contributed by atoms with van der Waals surface area (Å²) in [5, 5.41) is 11.4. The highest BCUT2D eigenvalue weighted by Crippen LogP contribution is 2.36. The van der Waals surface area contributed by atoms with Crippen LogP contribution >= 0.6 is 0 Å². The smallest absolute Gasteiger partial charge is 0.255 e. The molecule has 0 bridgehead atoms.